The molecule has 0 fully saturated rings. The van der Waals surface area contributed by atoms with Crippen LogP contribution >= 0.6 is 0 Å². The van der Waals surface area contributed by atoms with E-state index in [1.54, 1.807) is 0 Å². The SMILES string of the molecule is OCCOCCOCCOc1ccccc1OCc1ccccc1. The van der Waals surface area contributed by atoms with Gasteiger partial charge in [0.1, 0.15) is 13.2 Å². The van der Waals surface area contributed by atoms with E-state index in [0.29, 0.717) is 51.1 Å². The van der Waals surface area contributed by atoms with Gasteiger partial charge in [0, 0.05) is 0 Å². The zero-order valence-electron chi connectivity index (χ0n) is 13.7. The lowest BCUT2D eigenvalue weighted by atomic mass is 10.2. The van der Waals surface area contributed by atoms with E-state index in [9.17, 15) is 0 Å². The second-order valence-corrected chi connectivity index (χ2v) is 5.02. The number of para-hydroxylation sites is 2. The summed E-state index contributed by atoms with van der Waals surface area (Å²) in [4.78, 5) is 0. The lowest BCUT2D eigenvalue weighted by Gasteiger charge is -2.13. The topological polar surface area (TPSA) is 57.2 Å². The van der Waals surface area contributed by atoms with Crippen LogP contribution in [0.5, 0.6) is 11.5 Å². The molecule has 0 amide bonds. The summed E-state index contributed by atoms with van der Waals surface area (Å²) >= 11 is 0. The Balaban J connectivity index is 1.69. The molecule has 0 aliphatic heterocycles. The van der Waals surface area contributed by atoms with Gasteiger partial charge in [-0.15, -0.1) is 0 Å². The van der Waals surface area contributed by atoms with Crippen LogP contribution in [0.3, 0.4) is 0 Å². The van der Waals surface area contributed by atoms with Crippen molar-refractivity contribution in [3.8, 4) is 11.5 Å². The Bertz CT molecular complexity index is 559. The fraction of sp³-hybridized carbons (Fsp3) is 0.368. The van der Waals surface area contributed by atoms with E-state index in [4.69, 9.17) is 24.1 Å². The largest absolute Gasteiger partial charge is 0.487 e. The quantitative estimate of drug-likeness (QED) is 0.606. The molecule has 0 aliphatic rings. The minimum atomic E-state index is 0.0306. The van der Waals surface area contributed by atoms with Crippen LogP contribution in [0.2, 0.25) is 0 Å². The first-order valence-electron chi connectivity index (χ1n) is 8.05. The Labute approximate surface area is 142 Å². The van der Waals surface area contributed by atoms with Crippen molar-refractivity contribution in [1.29, 1.82) is 0 Å². The fourth-order valence-corrected chi connectivity index (χ4v) is 2.02. The van der Waals surface area contributed by atoms with Gasteiger partial charge in [-0.25, -0.2) is 0 Å². The van der Waals surface area contributed by atoms with Gasteiger partial charge in [-0.3, -0.25) is 0 Å². The molecule has 2 rings (SSSR count). The Morgan fingerprint density at radius 3 is 1.92 bits per heavy atom. The lowest BCUT2D eigenvalue weighted by molar-refractivity contribution is 0.0244. The van der Waals surface area contributed by atoms with Gasteiger partial charge in [0.05, 0.1) is 33.0 Å². The molecule has 2 aromatic carbocycles. The fourth-order valence-electron chi connectivity index (χ4n) is 2.02. The Hall–Kier alpha value is -2.08. The molecule has 1 N–H and O–H groups in total. The van der Waals surface area contributed by atoms with E-state index < -0.39 is 0 Å². The van der Waals surface area contributed by atoms with Crippen molar-refractivity contribution in [3.05, 3.63) is 60.2 Å². The Morgan fingerprint density at radius 1 is 0.625 bits per heavy atom. The lowest BCUT2D eigenvalue weighted by Crippen LogP contribution is -2.12. The van der Waals surface area contributed by atoms with Crippen molar-refractivity contribution in [3.63, 3.8) is 0 Å². The molecule has 5 heteroatoms. The van der Waals surface area contributed by atoms with Gasteiger partial charge in [-0.2, -0.15) is 0 Å². The summed E-state index contributed by atoms with van der Waals surface area (Å²) in [7, 11) is 0. The van der Waals surface area contributed by atoms with Crippen LogP contribution in [0, 0.1) is 0 Å². The number of rotatable bonds is 12. The van der Waals surface area contributed by atoms with Crippen LogP contribution in [0.4, 0.5) is 0 Å². The number of aliphatic hydroxyl groups excluding tert-OH is 1. The number of benzene rings is 2. The molecular formula is C19H24O5. The summed E-state index contributed by atoms with van der Waals surface area (Å²) in [5.41, 5.74) is 1.11. The normalized spacial score (nSPS) is 10.5. The average molecular weight is 332 g/mol. The van der Waals surface area contributed by atoms with E-state index in [-0.39, 0.29) is 6.61 Å². The standard InChI is InChI=1S/C19H24O5/c20-10-11-21-12-13-22-14-15-23-18-8-4-5-9-19(18)24-16-17-6-2-1-3-7-17/h1-9,20H,10-16H2. The number of aliphatic hydroxyl groups is 1. The molecule has 0 bridgehead atoms. The zero-order valence-corrected chi connectivity index (χ0v) is 13.7. The van der Waals surface area contributed by atoms with Crippen molar-refractivity contribution >= 4 is 0 Å². The third kappa shape index (κ3) is 7.00. The molecule has 0 heterocycles. The minimum absolute atomic E-state index is 0.0306. The Kier molecular flexibility index (Phi) is 8.72. The van der Waals surface area contributed by atoms with Gasteiger partial charge in [-0.1, -0.05) is 42.5 Å². The van der Waals surface area contributed by atoms with Crippen molar-refractivity contribution < 1.29 is 24.1 Å². The molecule has 0 aromatic heterocycles. The predicted molar refractivity (Wildman–Crippen MR) is 91.4 cm³/mol. The molecule has 130 valence electrons. The van der Waals surface area contributed by atoms with Crippen LogP contribution in [0.1, 0.15) is 5.56 Å². The van der Waals surface area contributed by atoms with Gasteiger partial charge in [0.25, 0.3) is 0 Å². The summed E-state index contributed by atoms with van der Waals surface area (Å²) in [5.74, 6) is 1.42. The molecule has 5 nitrogen and oxygen atoms in total. The first kappa shape index (κ1) is 18.3. The first-order chi connectivity index (χ1) is 11.9. The molecule has 0 saturated heterocycles. The maximum absolute atomic E-state index is 8.58. The highest BCUT2D eigenvalue weighted by Gasteiger charge is 2.04. The maximum Gasteiger partial charge on any atom is 0.161 e. The highest BCUT2D eigenvalue weighted by molar-refractivity contribution is 5.39. The average Bonchev–Trinajstić information content (AvgIpc) is 2.64. The minimum Gasteiger partial charge on any atom is -0.487 e. The van der Waals surface area contributed by atoms with Crippen molar-refractivity contribution in [2.45, 2.75) is 6.61 Å². The van der Waals surface area contributed by atoms with E-state index in [0.717, 1.165) is 5.56 Å². The summed E-state index contributed by atoms with van der Waals surface area (Å²) < 4.78 is 22.1. The van der Waals surface area contributed by atoms with Gasteiger partial charge in [-0.05, 0) is 17.7 Å². The molecule has 2 aromatic rings. The van der Waals surface area contributed by atoms with Gasteiger partial charge in [0.15, 0.2) is 11.5 Å². The smallest absolute Gasteiger partial charge is 0.161 e. The summed E-state index contributed by atoms with van der Waals surface area (Å²) in [6.45, 7) is 2.73. The van der Waals surface area contributed by atoms with Crippen molar-refractivity contribution in [1.82, 2.24) is 0 Å². The second kappa shape index (κ2) is 11.5. The third-order valence-corrected chi connectivity index (χ3v) is 3.18. The zero-order chi connectivity index (χ0) is 16.9. The third-order valence-electron chi connectivity index (χ3n) is 3.18. The molecule has 0 atom stereocenters. The maximum atomic E-state index is 8.58. The molecule has 0 saturated carbocycles. The van der Waals surface area contributed by atoms with Crippen LogP contribution in [0.15, 0.2) is 54.6 Å². The van der Waals surface area contributed by atoms with Crippen LogP contribution in [-0.2, 0) is 16.1 Å². The van der Waals surface area contributed by atoms with Crippen LogP contribution in [-0.4, -0.2) is 44.7 Å². The molecule has 0 aliphatic carbocycles. The predicted octanol–water partition coefficient (Wildman–Crippen LogP) is 2.67. The second-order valence-electron chi connectivity index (χ2n) is 5.02. The highest BCUT2D eigenvalue weighted by atomic mass is 16.6. The van der Waals surface area contributed by atoms with E-state index in [1.165, 1.54) is 0 Å². The van der Waals surface area contributed by atoms with Crippen LogP contribution in [0.25, 0.3) is 0 Å². The Morgan fingerprint density at radius 2 is 1.21 bits per heavy atom. The van der Waals surface area contributed by atoms with E-state index >= 15 is 0 Å². The highest BCUT2D eigenvalue weighted by Crippen LogP contribution is 2.27. The molecular weight excluding hydrogens is 308 g/mol. The number of hydrogen-bond donors (Lipinski definition) is 1. The summed E-state index contributed by atoms with van der Waals surface area (Å²) in [6, 6.07) is 17.6. The van der Waals surface area contributed by atoms with Crippen molar-refractivity contribution in [2.24, 2.45) is 0 Å². The summed E-state index contributed by atoms with van der Waals surface area (Å²) in [5, 5.41) is 8.58. The van der Waals surface area contributed by atoms with Crippen molar-refractivity contribution in [2.75, 3.05) is 39.6 Å². The van der Waals surface area contributed by atoms with E-state index in [2.05, 4.69) is 0 Å². The molecule has 0 radical (unpaired) electrons. The summed E-state index contributed by atoms with van der Waals surface area (Å²) in [6.07, 6.45) is 0. The number of ether oxygens (including phenoxy) is 4. The van der Waals surface area contributed by atoms with Gasteiger partial charge in [0.2, 0.25) is 0 Å². The monoisotopic (exact) mass is 332 g/mol. The first-order valence-corrected chi connectivity index (χ1v) is 8.05. The van der Waals surface area contributed by atoms with Gasteiger partial charge < -0.3 is 24.1 Å². The molecule has 0 unspecified atom stereocenters. The van der Waals surface area contributed by atoms with E-state index in [1.807, 2.05) is 54.6 Å². The van der Waals surface area contributed by atoms with Crippen LogP contribution < -0.4 is 9.47 Å². The van der Waals surface area contributed by atoms with Gasteiger partial charge >= 0.3 is 0 Å². The molecule has 0 spiro atoms. The number of hydrogen-bond acceptors (Lipinski definition) is 5. The molecule has 24 heavy (non-hydrogen) atoms.